The summed E-state index contributed by atoms with van der Waals surface area (Å²) in [7, 11) is 1.75. The van der Waals surface area contributed by atoms with E-state index in [0.717, 1.165) is 21.6 Å². The van der Waals surface area contributed by atoms with E-state index >= 15 is 0 Å². The smallest absolute Gasteiger partial charge is 0.338 e. The van der Waals surface area contributed by atoms with E-state index in [1.165, 1.54) is 28.9 Å². The van der Waals surface area contributed by atoms with Crippen LogP contribution in [0.1, 0.15) is 29.9 Å². The number of nitrogens with zero attached hydrogens (tertiary/aromatic N) is 3. The van der Waals surface area contributed by atoms with Crippen molar-refractivity contribution in [1.29, 1.82) is 0 Å². The molecule has 0 atom stereocenters. The molecule has 0 radical (unpaired) electrons. The molecule has 208 valence electrons. The summed E-state index contributed by atoms with van der Waals surface area (Å²) in [6, 6.07) is 24.4. The van der Waals surface area contributed by atoms with Gasteiger partial charge in [0.25, 0.3) is 17.4 Å². The lowest BCUT2D eigenvalue weighted by Gasteiger charge is -2.16. The van der Waals surface area contributed by atoms with Gasteiger partial charge < -0.3 is 10.1 Å². The normalized spacial score (nSPS) is 13.3. The number of benzene rings is 3. The number of hydrogen-bond acceptors (Lipinski definition) is 7. The zero-order valence-corrected chi connectivity index (χ0v) is 23.8. The van der Waals surface area contributed by atoms with Gasteiger partial charge in [-0.2, -0.15) is 0 Å². The molecular weight excluding hydrogens is 540 g/mol. The lowest BCUT2D eigenvalue weighted by molar-refractivity contribution is -0.120. The highest BCUT2D eigenvalue weighted by molar-refractivity contribution is 8.04. The minimum absolute atomic E-state index is 0.00170. The van der Waals surface area contributed by atoms with Crippen molar-refractivity contribution in [2.75, 3.05) is 10.2 Å². The molecule has 2 amide bonds. The number of carbonyl (C=O) groups is 3. The highest BCUT2D eigenvalue weighted by Crippen LogP contribution is 2.38. The average Bonchev–Trinajstić information content (AvgIpc) is 3.32. The molecular formula is C31H28N4O5S. The van der Waals surface area contributed by atoms with Crippen LogP contribution in [-0.2, 0) is 21.4 Å². The van der Waals surface area contributed by atoms with E-state index in [9.17, 15) is 19.2 Å². The molecule has 1 aliphatic heterocycles. The summed E-state index contributed by atoms with van der Waals surface area (Å²) in [6.07, 6.45) is -0.285. The number of esters is 1. The van der Waals surface area contributed by atoms with Crippen LogP contribution in [0.5, 0.6) is 0 Å². The van der Waals surface area contributed by atoms with Gasteiger partial charge in [0.05, 0.1) is 28.7 Å². The van der Waals surface area contributed by atoms with Crippen LogP contribution >= 0.6 is 11.8 Å². The SMILES string of the molecule is Cc1c(NC2=C(Sc3ccccc3)C(=O)N(c3ccc(C(=O)OC(C)C)cc3)C2=O)c(=O)n(-c2ccccc2)n1C. The molecule has 9 nitrogen and oxygen atoms in total. The first-order valence-electron chi connectivity index (χ1n) is 13.0. The Kier molecular flexibility index (Phi) is 7.67. The number of rotatable bonds is 8. The van der Waals surface area contributed by atoms with Crippen molar-refractivity contribution in [3.8, 4) is 5.69 Å². The molecule has 1 N–H and O–H groups in total. The third-order valence-corrected chi connectivity index (χ3v) is 7.60. The fraction of sp³-hybridized carbons (Fsp3) is 0.161. The second kappa shape index (κ2) is 11.3. The van der Waals surface area contributed by atoms with Gasteiger partial charge in [-0.05, 0) is 69.3 Å². The van der Waals surface area contributed by atoms with Crippen LogP contribution in [0.3, 0.4) is 0 Å². The quantitative estimate of drug-likeness (QED) is 0.235. The van der Waals surface area contributed by atoms with E-state index in [-0.39, 0.29) is 33.6 Å². The Labute approximate surface area is 241 Å². The summed E-state index contributed by atoms with van der Waals surface area (Å²) in [4.78, 5) is 55.4. The number of anilines is 2. The van der Waals surface area contributed by atoms with Gasteiger partial charge in [-0.3, -0.25) is 19.1 Å². The molecule has 3 aromatic carbocycles. The molecule has 4 aromatic rings. The van der Waals surface area contributed by atoms with Crippen LogP contribution in [0.25, 0.3) is 5.69 Å². The fourth-order valence-corrected chi connectivity index (χ4v) is 5.37. The minimum atomic E-state index is -0.611. The lowest BCUT2D eigenvalue weighted by Crippen LogP contribution is -2.32. The van der Waals surface area contributed by atoms with Crippen LogP contribution in [0.4, 0.5) is 11.4 Å². The number of carbonyl (C=O) groups excluding carboxylic acids is 3. The highest BCUT2D eigenvalue weighted by atomic mass is 32.2. The van der Waals surface area contributed by atoms with Crippen LogP contribution in [0.15, 0.2) is 105 Å². The first kappa shape index (κ1) is 27.7. The summed E-state index contributed by atoms with van der Waals surface area (Å²) < 4.78 is 8.42. The molecule has 10 heteroatoms. The van der Waals surface area contributed by atoms with Crippen LogP contribution in [0, 0.1) is 6.92 Å². The Hall–Kier alpha value is -4.83. The predicted octanol–water partition coefficient (Wildman–Crippen LogP) is 5.04. The summed E-state index contributed by atoms with van der Waals surface area (Å²) in [6.45, 7) is 5.27. The largest absolute Gasteiger partial charge is 0.459 e. The fourth-order valence-electron chi connectivity index (χ4n) is 4.42. The van der Waals surface area contributed by atoms with Crippen molar-refractivity contribution in [3.05, 3.63) is 117 Å². The Balaban J connectivity index is 1.54. The topological polar surface area (TPSA) is 103 Å². The van der Waals surface area contributed by atoms with E-state index in [0.29, 0.717) is 16.9 Å². The number of nitrogens with one attached hydrogen (secondary N) is 1. The van der Waals surface area contributed by atoms with E-state index in [1.807, 2.05) is 60.7 Å². The van der Waals surface area contributed by atoms with Gasteiger partial charge in [-0.15, -0.1) is 0 Å². The van der Waals surface area contributed by atoms with Gasteiger partial charge in [0.2, 0.25) is 0 Å². The van der Waals surface area contributed by atoms with Crippen LogP contribution < -0.4 is 15.8 Å². The minimum Gasteiger partial charge on any atom is -0.459 e. The zero-order chi connectivity index (χ0) is 29.3. The Morgan fingerprint density at radius 3 is 2.05 bits per heavy atom. The maximum absolute atomic E-state index is 13.8. The van der Waals surface area contributed by atoms with Crippen LogP contribution in [-0.4, -0.2) is 33.3 Å². The number of para-hydroxylation sites is 1. The third-order valence-electron chi connectivity index (χ3n) is 6.51. The van der Waals surface area contributed by atoms with E-state index in [4.69, 9.17) is 4.74 Å². The summed E-state index contributed by atoms with van der Waals surface area (Å²) in [5, 5.41) is 3.03. The molecule has 0 fully saturated rings. The van der Waals surface area contributed by atoms with Gasteiger partial charge in [0, 0.05) is 11.9 Å². The Bertz CT molecular complexity index is 1720. The zero-order valence-electron chi connectivity index (χ0n) is 23.0. The van der Waals surface area contributed by atoms with Crippen molar-refractivity contribution in [3.63, 3.8) is 0 Å². The van der Waals surface area contributed by atoms with Crippen molar-refractivity contribution >= 4 is 40.9 Å². The van der Waals surface area contributed by atoms with E-state index in [1.54, 1.807) is 32.5 Å². The highest BCUT2D eigenvalue weighted by Gasteiger charge is 2.41. The standard InChI is InChI=1S/C31H28N4O5S/c1-19(2)40-31(39)21-15-17-22(18-16-21)34-28(36)26(27(30(34)38)41-24-13-9-6-10-14-24)32-25-20(3)33(4)35(29(25)37)23-11-7-5-8-12-23/h5-19,32H,1-4H3. The molecule has 0 saturated carbocycles. The number of aromatic nitrogens is 2. The molecule has 2 heterocycles. The number of ether oxygens (including phenoxy) is 1. The third kappa shape index (κ3) is 5.33. The molecule has 0 bridgehead atoms. The van der Waals surface area contributed by atoms with Crippen LogP contribution in [0.2, 0.25) is 0 Å². The average molecular weight is 569 g/mol. The molecule has 41 heavy (non-hydrogen) atoms. The van der Waals surface area contributed by atoms with E-state index < -0.39 is 17.8 Å². The molecule has 5 rings (SSSR count). The van der Waals surface area contributed by atoms with Gasteiger partial charge >= 0.3 is 5.97 Å². The lowest BCUT2D eigenvalue weighted by atomic mass is 10.2. The predicted molar refractivity (Wildman–Crippen MR) is 158 cm³/mol. The summed E-state index contributed by atoms with van der Waals surface area (Å²) >= 11 is 1.14. The van der Waals surface area contributed by atoms with Gasteiger partial charge in [0.15, 0.2) is 0 Å². The second-order valence-electron chi connectivity index (χ2n) is 9.63. The number of hydrogen-bond donors (Lipinski definition) is 1. The number of thioether (sulfide) groups is 1. The van der Waals surface area contributed by atoms with E-state index in [2.05, 4.69) is 5.32 Å². The molecule has 1 aromatic heterocycles. The molecule has 1 aliphatic rings. The number of amides is 2. The van der Waals surface area contributed by atoms with Crippen molar-refractivity contribution in [1.82, 2.24) is 9.36 Å². The Morgan fingerprint density at radius 1 is 0.829 bits per heavy atom. The first-order chi connectivity index (χ1) is 19.7. The molecule has 0 spiro atoms. The second-order valence-corrected chi connectivity index (χ2v) is 10.7. The summed E-state index contributed by atoms with van der Waals surface area (Å²) in [5.74, 6) is -1.65. The monoisotopic (exact) mass is 568 g/mol. The van der Waals surface area contributed by atoms with Crippen molar-refractivity contribution in [2.45, 2.75) is 31.8 Å². The maximum Gasteiger partial charge on any atom is 0.338 e. The van der Waals surface area contributed by atoms with Gasteiger partial charge in [-0.1, -0.05) is 48.2 Å². The van der Waals surface area contributed by atoms with Crippen molar-refractivity contribution < 1.29 is 19.1 Å². The Morgan fingerprint density at radius 2 is 1.44 bits per heavy atom. The molecule has 0 unspecified atom stereocenters. The van der Waals surface area contributed by atoms with Crippen molar-refractivity contribution in [2.24, 2.45) is 7.05 Å². The molecule has 0 aliphatic carbocycles. The van der Waals surface area contributed by atoms with Gasteiger partial charge in [-0.25, -0.2) is 14.4 Å². The first-order valence-corrected chi connectivity index (χ1v) is 13.8. The summed E-state index contributed by atoms with van der Waals surface area (Å²) in [5.41, 5.74) is 1.66. The maximum atomic E-state index is 13.8. The molecule has 0 saturated heterocycles. The van der Waals surface area contributed by atoms with Gasteiger partial charge in [0.1, 0.15) is 16.3 Å². The number of imide groups is 1.